The zero-order valence-electron chi connectivity index (χ0n) is 11.0. The van der Waals surface area contributed by atoms with Crippen LogP contribution in [0.15, 0.2) is 29.6 Å². The quantitative estimate of drug-likeness (QED) is 0.903. The second kappa shape index (κ2) is 5.36. The van der Waals surface area contributed by atoms with Crippen molar-refractivity contribution < 1.29 is 14.6 Å². The fourth-order valence-corrected chi connectivity index (χ4v) is 2.03. The summed E-state index contributed by atoms with van der Waals surface area (Å²) in [6.45, 7) is 3.88. The Kier molecular flexibility index (Phi) is 3.80. The molecule has 1 aliphatic heterocycles. The molecular formula is C13H17N3O3. The number of amides is 1. The maximum atomic E-state index is 11.9. The van der Waals surface area contributed by atoms with Crippen molar-refractivity contribution in [2.24, 2.45) is 5.10 Å². The van der Waals surface area contributed by atoms with Crippen LogP contribution in [-0.2, 0) is 10.5 Å². The van der Waals surface area contributed by atoms with E-state index in [1.54, 1.807) is 31.5 Å². The van der Waals surface area contributed by atoms with Crippen molar-refractivity contribution >= 4 is 11.8 Å². The molecular weight excluding hydrogens is 246 g/mol. The van der Waals surface area contributed by atoms with Crippen LogP contribution in [0.4, 0.5) is 4.79 Å². The van der Waals surface area contributed by atoms with Crippen LogP contribution in [0.3, 0.4) is 0 Å². The monoisotopic (exact) mass is 263 g/mol. The summed E-state index contributed by atoms with van der Waals surface area (Å²) < 4.78 is 4.94. The van der Waals surface area contributed by atoms with Gasteiger partial charge >= 0.3 is 6.09 Å². The topological polar surface area (TPSA) is 75.0 Å². The second-order valence-corrected chi connectivity index (χ2v) is 4.26. The van der Waals surface area contributed by atoms with E-state index in [1.807, 2.05) is 6.92 Å². The van der Waals surface area contributed by atoms with Gasteiger partial charge in [-0.1, -0.05) is 6.92 Å². The average molecular weight is 263 g/mol. The molecule has 0 saturated carbocycles. The zero-order chi connectivity index (χ0) is 13.9. The van der Waals surface area contributed by atoms with E-state index in [-0.39, 0.29) is 13.0 Å². The number of pyridine rings is 1. The van der Waals surface area contributed by atoms with Crippen LogP contribution in [0, 0.1) is 0 Å². The van der Waals surface area contributed by atoms with Gasteiger partial charge in [-0.25, -0.2) is 4.79 Å². The van der Waals surface area contributed by atoms with E-state index in [2.05, 4.69) is 10.1 Å². The number of hydrogen-bond donors (Lipinski definition) is 1. The van der Waals surface area contributed by atoms with E-state index in [1.165, 1.54) is 0 Å². The lowest BCUT2D eigenvalue weighted by Gasteiger charge is -2.30. The maximum Gasteiger partial charge on any atom is 0.433 e. The smallest absolute Gasteiger partial charge is 0.433 e. The minimum Gasteiger partial charge on any atom is -0.448 e. The lowest BCUT2D eigenvalue weighted by molar-refractivity contribution is -0.0856. The fraction of sp³-hybridized carbons (Fsp3) is 0.462. The first-order chi connectivity index (χ1) is 9.11. The van der Waals surface area contributed by atoms with Crippen molar-refractivity contribution in [1.29, 1.82) is 0 Å². The largest absolute Gasteiger partial charge is 0.448 e. The Hall–Kier alpha value is -1.95. The van der Waals surface area contributed by atoms with Crippen molar-refractivity contribution in [3.63, 3.8) is 0 Å². The van der Waals surface area contributed by atoms with Crippen molar-refractivity contribution in [2.45, 2.75) is 32.4 Å². The third-order valence-electron chi connectivity index (χ3n) is 3.03. The molecule has 1 atom stereocenters. The molecule has 0 unspecified atom stereocenters. The molecule has 1 aromatic heterocycles. The van der Waals surface area contributed by atoms with Crippen molar-refractivity contribution in [3.05, 3.63) is 30.1 Å². The molecule has 1 amide bonds. The highest BCUT2D eigenvalue weighted by Gasteiger charge is 2.46. The van der Waals surface area contributed by atoms with Crippen LogP contribution in [-0.4, -0.2) is 33.5 Å². The molecule has 1 aromatic rings. The number of rotatable bonds is 3. The Morgan fingerprint density at radius 1 is 1.47 bits per heavy atom. The third kappa shape index (κ3) is 2.44. The number of aliphatic hydroxyl groups is 1. The Balaban J connectivity index is 2.36. The van der Waals surface area contributed by atoms with Crippen molar-refractivity contribution in [2.75, 3.05) is 6.61 Å². The van der Waals surface area contributed by atoms with Gasteiger partial charge in [-0.15, -0.1) is 0 Å². The van der Waals surface area contributed by atoms with E-state index in [9.17, 15) is 9.90 Å². The number of aromatic nitrogens is 1. The summed E-state index contributed by atoms with van der Waals surface area (Å²) in [6.07, 6.45) is 3.45. The molecule has 102 valence electrons. The van der Waals surface area contributed by atoms with Crippen molar-refractivity contribution in [3.8, 4) is 0 Å². The molecule has 2 heterocycles. The van der Waals surface area contributed by atoms with Gasteiger partial charge in [0, 0.05) is 30.1 Å². The lowest BCUT2D eigenvalue weighted by atomic mass is 9.98. The number of nitrogens with zero attached hydrogens (tertiary/aromatic N) is 3. The molecule has 1 aliphatic rings. The molecule has 0 aliphatic carbocycles. The maximum absolute atomic E-state index is 11.9. The van der Waals surface area contributed by atoms with E-state index in [0.717, 1.165) is 10.7 Å². The van der Waals surface area contributed by atoms with Gasteiger partial charge in [-0.05, 0) is 25.5 Å². The molecule has 6 heteroatoms. The first-order valence-corrected chi connectivity index (χ1v) is 6.28. The van der Waals surface area contributed by atoms with Gasteiger partial charge in [-0.3, -0.25) is 4.98 Å². The minimum atomic E-state index is -1.49. The number of carbonyl (C=O) groups is 1. The van der Waals surface area contributed by atoms with Crippen LogP contribution in [0.1, 0.15) is 32.3 Å². The van der Waals surface area contributed by atoms with Crippen LogP contribution >= 0.6 is 0 Å². The first-order valence-electron chi connectivity index (χ1n) is 6.28. The highest BCUT2D eigenvalue weighted by Crippen LogP contribution is 2.36. The Morgan fingerprint density at radius 2 is 2.16 bits per heavy atom. The zero-order valence-corrected chi connectivity index (χ0v) is 11.0. The van der Waals surface area contributed by atoms with Gasteiger partial charge in [0.2, 0.25) is 0 Å². The van der Waals surface area contributed by atoms with E-state index < -0.39 is 11.8 Å². The van der Waals surface area contributed by atoms with Crippen molar-refractivity contribution in [1.82, 2.24) is 9.99 Å². The third-order valence-corrected chi connectivity index (χ3v) is 3.03. The average Bonchev–Trinajstić information content (AvgIpc) is 2.79. The highest BCUT2D eigenvalue weighted by molar-refractivity contribution is 5.89. The number of carbonyl (C=O) groups excluding carboxylic acids is 1. The molecule has 0 bridgehead atoms. The van der Waals surface area contributed by atoms with Crippen LogP contribution < -0.4 is 0 Å². The van der Waals surface area contributed by atoms with E-state index in [0.29, 0.717) is 12.0 Å². The summed E-state index contributed by atoms with van der Waals surface area (Å²) in [5, 5.41) is 16.0. The van der Waals surface area contributed by atoms with Gasteiger partial charge in [0.1, 0.15) is 0 Å². The summed E-state index contributed by atoms with van der Waals surface area (Å²) in [4.78, 5) is 15.8. The van der Waals surface area contributed by atoms with E-state index >= 15 is 0 Å². The van der Waals surface area contributed by atoms with Gasteiger partial charge < -0.3 is 9.84 Å². The minimum absolute atomic E-state index is 0.235. The van der Waals surface area contributed by atoms with E-state index in [4.69, 9.17) is 4.74 Å². The molecule has 0 fully saturated rings. The number of hydrogen-bond acceptors (Lipinski definition) is 5. The molecule has 0 spiro atoms. The SMILES string of the molecule is CCOC(=O)N1N=C(CC)C[C@]1(O)c1ccncc1. The van der Waals surface area contributed by atoms with Crippen LogP contribution in [0.5, 0.6) is 0 Å². The molecule has 0 saturated heterocycles. The standard InChI is InChI=1S/C13H17N3O3/c1-3-11-9-13(18,10-5-7-14-8-6-10)16(15-11)12(17)19-4-2/h5-8,18H,3-4,9H2,1-2H3/t13-/m0/s1. The summed E-state index contributed by atoms with van der Waals surface area (Å²) >= 11 is 0. The molecule has 19 heavy (non-hydrogen) atoms. The first kappa shape index (κ1) is 13.5. The second-order valence-electron chi connectivity index (χ2n) is 4.26. The van der Waals surface area contributed by atoms with Gasteiger partial charge in [0.05, 0.1) is 6.61 Å². The summed E-state index contributed by atoms with van der Waals surface area (Å²) in [7, 11) is 0. The Labute approximate surface area is 111 Å². The Morgan fingerprint density at radius 3 is 2.74 bits per heavy atom. The summed E-state index contributed by atoms with van der Waals surface area (Å²) in [6, 6.07) is 3.33. The van der Waals surface area contributed by atoms with Crippen LogP contribution in [0.25, 0.3) is 0 Å². The molecule has 0 radical (unpaired) electrons. The van der Waals surface area contributed by atoms with Gasteiger partial charge in [0.15, 0.2) is 5.72 Å². The molecule has 0 aromatic carbocycles. The molecule has 1 N–H and O–H groups in total. The summed E-state index contributed by atoms with van der Waals surface area (Å²) in [5.74, 6) is 0. The normalized spacial score (nSPS) is 22.3. The Bertz CT molecular complexity index is 489. The predicted octanol–water partition coefficient (Wildman–Crippen LogP) is 1.85. The van der Waals surface area contributed by atoms with Gasteiger partial charge in [0.25, 0.3) is 0 Å². The highest BCUT2D eigenvalue weighted by atomic mass is 16.6. The van der Waals surface area contributed by atoms with Gasteiger partial charge in [-0.2, -0.15) is 10.1 Å². The summed E-state index contributed by atoms with van der Waals surface area (Å²) in [5.41, 5.74) is -0.157. The lowest BCUT2D eigenvalue weighted by Crippen LogP contribution is -2.43. The molecule has 6 nitrogen and oxygen atoms in total. The number of ether oxygens (including phenoxy) is 1. The predicted molar refractivity (Wildman–Crippen MR) is 69.3 cm³/mol. The molecule has 2 rings (SSSR count). The van der Waals surface area contributed by atoms with Crippen LogP contribution in [0.2, 0.25) is 0 Å². The fourth-order valence-electron chi connectivity index (χ4n) is 2.03. The number of hydrazone groups is 1.